The molecule has 3 heterocycles. The molecule has 1 saturated heterocycles. The minimum absolute atomic E-state index is 0.0530. The number of hydrogen-bond acceptors (Lipinski definition) is 8. The van der Waals surface area contributed by atoms with Crippen LogP contribution in [0, 0.1) is 5.92 Å². The fourth-order valence-electron chi connectivity index (χ4n) is 3.84. The number of sulfonamides is 1. The first-order valence-electron chi connectivity index (χ1n) is 10.6. The van der Waals surface area contributed by atoms with Crippen LogP contribution < -0.4 is 4.74 Å². The standard InChI is InChI=1S/C22H24N2O7S2/c1-2-32(26,27)18-4-3-16(23-14-18)13-24-33(28,29)17-5-6-21-19(11-17)20(25)12-22(31-21)15-7-9-30-10-8-15/h3-6,11,13-15,22H,2,7-10,12H2,1H3. The van der Waals surface area contributed by atoms with Gasteiger partial charge in [-0.3, -0.25) is 9.78 Å². The number of carbonyl (C=O) groups is 1. The Labute approximate surface area is 192 Å². The zero-order valence-electron chi connectivity index (χ0n) is 18.0. The summed E-state index contributed by atoms with van der Waals surface area (Å²) in [4.78, 5) is 16.6. The molecule has 4 rings (SSSR count). The van der Waals surface area contributed by atoms with Crippen molar-refractivity contribution in [3.8, 4) is 5.75 Å². The minimum atomic E-state index is -4.11. The van der Waals surface area contributed by atoms with Crippen molar-refractivity contribution < 1.29 is 31.1 Å². The zero-order valence-corrected chi connectivity index (χ0v) is 19.6. The van der Waals surface area contributed by atoms with Crippen LogP contribution in [0.5, 0.6) is 5.75 Å². The third-order valence-electron chi connectivity index (χ3n) is 5.83. The highest BCUT2D eigenvalue weighted by molar-refractivity contribution is 7.91. The summed E-state index contributed by atoms with van der Waals surface area (Å²) in [7, 11) is -7.51. The highest BCUT2D eigenvalue weighted by atomic mass is 32.2. The Morgan fingerprint density at radius 3 is 2.48 bits per heavy atom. The summed E-state index contributed by atoms with van der Waals surface area (Å²) >= 11 is 0. The summed E-state index contributed by atoms with van der Waals surface area (Å²) in [6.07, 6.45) is 3.82. The van der Waals surface area contributed by atoms with Crippen LogP contribution in [0.3, 0.4) is 0 Å². The smallest absolute Gasteiger partial charge is 0.282 e. The number of aromatic nitrogens is 1. The van der Waals surface area contributed by atoms with Crippen molar-refractivity contribution >= 4 is 31.9 Å². The quantitative estimate of drug-likeness (QED) is 0.562. The third-order valence-corrected chi connectivity index (χ3v) is 8.78. The molecule has 0 amide bonds. The number of Topliss-reactive ketones (excluding diaryl/α,β-unsaturated/α-hetero) is 1. The summed E-state index contributed by atoms with van der Waals surface area (Å²) in [5.74, 6) is 0.380. The van der Waals surface area contributed by atoms with Crippen molar-refractivity contribution in [3.63, 3.8) is 0 Å². The van der Waals surface area contributed by atoms with Crippen LogP contribution in [0.1, 0.15) is 42.2 Å². The molecule has 1 fully saturated rings. The molecule has 11 heteroatoms. The van der Waals surface area contributed by atoms with Gasteiger partial charge in [-0.15, -0.1) is 0 Å². The van der Waals surface area contributed by atoms with Crippen LogP contribution in [0.4, 0.5) is 0 Å². The summed E-state index contributed by atoms with van der Waals surface area (Å²) in [6, 6.07) is 6.86. The topological polar surface area (TPSA) is 129 Å². The number of benzene rings is 1. The van der Waals surface area contributed by atoms with E-state index in [-0.39, 0.29) is 51.0 Å². The normalized spacial score (nSPS) is 19.9. The zero-order chi connectivity index (χ0) is 23.6. The van der Waals surface area contributed by atoms with Gasteiger partial charge in [0.2, 0.25) is 0 Å². The fourth-order valence-corrected chi connectivity index (χ4v) is 5.54. The maximum absolute atomic E-state index is 12.7. The summed E-state index contributed by atoms with van der Waals surface area (Å²) in [6.45, 7) is 2.82. The third kappa shape index (κ3) is 5.15. The number of ether oxygens (including phenoxy) is 2. The number of sulfone groups is 1. The predicted octanol–water partition coefficient (Wildman–Crippen LogP) is 2.44. The van der Waals surface area contributed by atoms with Crippen LogP contribution in [0.15, 0.2) is 50.7 Å². The number of rotatable bonds is 6. The predicted molar refractivity (Wildman–Crippen MR) is 120 cm³/mol. The number of fused-ring (bicyclic) bond motifs is 1. The SMILES string of the molecule is CCS(=O)(=O)c1ccc(C=NS(=O)(=O)c2ccc3c(c2)C(=O)CC(C2CCOCC2)O3)nc1. The van der Waals surface area contributed by atoms with Gasteiger partial charge >= 0.3 is 0 Å². The molecule has 0 N–H and O–H groups in total. The van der Waals surface area contributed by atoms with Gasteiger partial charge in [0.1, 0.15) is 11.9 Å². The monoisotopic (exact) mass is 492 g/mol. The maximum Gasteiger partial charge on any atom is 0.282 e. The molecule has 1 aromatic carbocycles. The molecule has 9 nitrogen and oxygen atoms in total. The van der Waals surface area contributed by atoms with Crippen molar-refractivity contribution in [2.75, 3.05) is 19.0 Å². The van der Waals surface area contributed by atoms with Crippen LogP contribution >= 0.6 is 0 Å². The Bertz CT molecular complexity index is 1280. The number of hydrogen-bond donors (Lipinski definition) is 0. The molecule has 1 unspecified atom stereocenters. The Hall–Kier alpha value is -2.63. The molecular formula is C22H24N2O7S2. The lowest BCUT2D eigenvalue weighted by molar-refractivity contribution is 0.0119. The highest BCUT2D eigenvalue weighted by Gasteiger charge is 2.34. The van der Waals surface area contributed by atoms with Crippen molar-refractivity contribution in [3.05, 3.63) is 47.8 Å². The van der Waals surface area contributed by atoms with Gasteiger partial charge in [-0.2, -0.15) is 12.8 Å². The number of ketones is 1. The van der Waals surface area contributed by atoms with Crippen LogP contribution in [0.25, 0.3) is 0 Å². The Kier molecular flexibility index (Phi) is 6.64. The van der Waals surface area contributed by atoms with Crippen LogP contribution in [-0.4, -0.2) is 58.9 Å². The Morgan fingerprint density at radius 2 is 1.82 bits per heavy atom. The molecule has 0 radical (unpaired) electrons. The summed E-state index contributed by atoms with van der Waals surface area (Å²) in [5, 5.41) is 0. The minimum Gasteiger partial charge on any atom is -0.489 e. The highest BCUT2D eigenvalue weighted by Crippen LogP contribution is 2.35. The van der Waals surface area contributed by atoms with E-state index in [0.717, 1.165) is 25.3 Å². The van der Waals surface area contributed by atoms with Crippen LogP contribution in [-0.2, 0) is 24.6 Å². The van der Waals surface area contributed by atoms with Crippen LogP contribution in [0.2, 0.25) is 0 Å². The first kappa shape index (κ1) is 23.5. The van der Waals surface area contributed by atoms with Gasteiger partial charge in [0.05, 0.1) is 33.0 Å². The molecule has 0 saturated carbocycles. The van der Waals surface area contributed by atoms with Gasteiger partial charge in [-0.25, -0.2) is 8.42 Å². The second-order valence-electron chi connectivity index (χ2n) is 7.92. The molecule has 33 heavy (non-hydrogen) atoms. The van der Waals surface area contributed by atoms with Crippen molar-refractivity contribution in [1.29, 1.82) is 0 Å². The average Bonchev–Trinajstić information content (AvgIpc) is 2.83. The molecule has 1 aromatic heterocycles. The summed E-state index contributed by atoms with van der Waals surface area (Å²) in [5.41, 5.74) is 0.409. The Morgan fingerprint density at radius 1 is 1.09 bits per heavy atom. The van der Waals surface area contributed by atoms with E-state index >= 15 is 0 Å². The fraction of sp³-hybridized carbons (Fsp3) is 0.409. The van der Waals surface area contributed by atoms with Gasteiger partial charge in [0, 0.05) is 31.7 Å². The lowest BCUT2D eigenvalue weighted by Crippen LogP contribution is -2.36. The van der Waals surface area contributed by atoms with Gasteiger partial charge in [-0.05, 0) is 43.2 Å². The Balaban J connectivity index is 1.52. The first-order valence-corrected chi connectivity index (χ1v) is 13.7. The largest absolute Gasteiger partial charge is 0.489 e. The molecule has 176 valence electrons. The average molecular weight is 493 g/mol. The maximum atomic E-state index is 12.7. The molecular weight excluding hydrogens is 468 g/mol. The van der Waals surface area contributed by atoms with E-state index in [1.54, 1.807) is 0 Å². The van der Waals surface area contributed by atoms with Crippen molar-refractivity contribution in [2.45, 2.75) is 42.1 Å². The van der Waals surface area contributed by atoms with Gasteiger partial charge < -0.3 is 9.47 Å². The molecule has 1 atom stereocenters. The van der Waals surface area contributed by atoms with E-state index in [4.69, 9.17) is 9.47 Å². The molecule has 2 aromatic rings. The second kappa shape index (κ2) is 9.32. The number of carbonyl (C=O) groups excluding carboxylic acids is 1. The van der Waals surface area contributed by atoms with E-state index in [1.807, 2.05) is 0 Å². The molecule has 0 bridgehead atoms. The van der Waals surface area contributed by atoms with Gasteiger partial charge in [0.15, 0.2) is 15.6 Å². The number of nitrogens with zero attached hydrogens (tertiary/aromatic N) is 2. The van der Waals surface area contributed by atoms with E-state index in [1.165, 1.54) is 37.3 Å². The van der Waals surface area contributed by atoms with Gasteiger partial charge in [-0.1, -0.05) is 6.92 Å². The van der Waals surface area contributed by atoms with E-state index in [0.29, 0.717) is 19.0 Å². The second-order valence-corrected chi connectivity index (χ2v) is 11.8. The van der Waals surface area contributed by atoms with E-state index in [2.05, 4.69) is 9.38 Å². The number of pyridine rings is 1. The first-order chi connectivity index (χ1) is 15.7. The molecule has 0 aliphatic carbocycles. The molecule has 0 spiro atoms. The van der Waals surface area contributed by atoms with E-state index < -0.39 is 19.9 Å². The van der Waals surface area contributed by atoms with Gasteiger partial charge in [0.25, 0.3) is 10.0 Å². The lowest BCUT2D eigenvalue weighted by Gasteiger charge is -2.33. The van der Waals surface area contributed by atoms with E-state index in [9.17, 15) is 21.6 Å². The van der Waals surface area contributed by atoms with Crippen molar-refractivity contribution in [1.82, 2.24) is 4.98 Å². The van der Waals surface area contributed by atoms with Crippen molar-refractivity contribution in [2.24, 2.45) is 10.3 Å². The lowest BCUT2D eigenvalue weighted by atomic mass is 9.87. The molecule has 2 aliphatic rings. The summed E-state index contributed by atoms with van der Waals surface area (Å²) < 4.78 is 64.1. The molecule has 2 aliphatic heterocycles.